The lowest BCUT2D eigenvalue weighted by Gasteiger charge is -2.14. The Hall–Kier alpha value is -1.46. The van der Waals surface area contributed by atoms with Crippen molar-refractivity contribution >= 4 is 11.6 Å². The average Bonchev–Trinajstić information content (AvgIpc) is 2.84. The Kier molecular flexibility index (Phi) is 4.28. The Balaban J connectivity index is 2.20. The van der Waals surface area contributed by atoms with Crippen molar-refractivity contribution in [2.24, 2.45) is 0 Å². The third kappa shape index (κ3) is 2.86. The molecule has 1 heterocycles. The molecule has 6 heteroatoms. The van der Waals surface area contributed by atoms with Gasteiger partial charge in [0.25, 0.3) is 0 Å². The van der Waals surface area contributed by atoms with Crippen molar-refractivity contribution in [2.75, 3.05) is 6.54 Å². The number of tetrazole rings is 1. The van der Waals surface area contributed by atoms with E-state index in [0.29, 0.717) is 6.54 Å². The van der Waals surface area contributed by atoms with Crippen LogP contribution < -0.4 is 5.32 Å². The van der Waals surface area contributed by atoms with Gasteiger partial charge in [-0.3, -0.25) is 0 Å². The van der Waals surface area contributed by atoms with Crippen molar-refractivity contribution in [2.45, 2.75) is 26.4 Å². The third-order valence-electron chi connectivity index (χ3n) is 2.81. The molecule has 2 aromatic rings. The van der Waals surface area contributed by atoms with Gasteiger partial charge in [-0.25, -0.2) is 4.68 Å². The Labute approximate surface area is 111 Å². The van der Waals surface area contributed by atoms with Gasteiger partial charge in [0.05, 0.1) is 12.6 Å². The van der Waals surface area contributed by atoms with Crippen molar-refractivity contribution in [1.82, 2.24) is 25.5 Å². The molecule has 0 radical (unpaired) electrons. The molecule has 0 spiro atoms. The number of aromatic nitrogens is 4. The number of hydrogen-bond acceptors (Lipinski definition) is 4. The van der Waals surface area contributed by atoms with Crippen molar-refractivity contribution in [1.29, 1.82) is 0 Å². The van der Waals surface area contributed by atoms with Crippen LogP contribution >= 0.6 is 11.6 Å². The summed E-state index contributed by atoms with van der Waals surface area (Å²) in [5.74, 6) is 0.833. The normalized spacial score (nSPS) is 12.6. The Morgan fingerprint density at radius 1 is 1.33 bits per heavy atom. The van der Waals surface area contributed by atoms with E-state index >= 15 is 0 Å². The van der Waals surface area contributed by atoms with Crippen LogP contribution in [-0.4, -0.2) is 26.8 Å². The summed E-state index contributed by atoms with van der Waals surface area (Å²) in [5, 5.41) is 15.8. The molecule has 0 saturated heterocycles. The number of nitrogens with zero attached hydrogens (tertiary/aromatic N) is 4. The lowest BCUT2D eigenvalue weighted by Crippen LogP contribution is -2.19. The van der Waals surface area contributed by atoms with E-state index in [2.05, 4.69) is 34.7 Å². The molecule has 0 aliphatic carbocycles. The minimum absolute atomic E-state index is 0.0888. The molecule has 1 aromatic carbocycles. The predicted molar refractivity (Wildman–Crippen MR) is 70.5 cm³/mol. The maximum atomic E-state index is 5.88. The monoisotopic (exact) mass is 265 g/mol. The van der Waals surface area contributed by atoms with Gasteiger partial charge >= 0.3 is 0 Å². The second-order valence-electron chi connectivity index (χ2n) is 4.05. The third-order valence-corrected chi connectivity index (χ3v) is 3.07. The summed E-state index contributed by atoms with van der Waals surface area (Å²) in [7, 11) is 0. The fourth-order valence-electron chi connectivity index (χ4n) is 1.75. The minimum Gasteiger partial charge on any atom is -0.310 e. The molecule has 96 valence electrons. The molecule has 0 saturated carbocycles. The largest absolute Gasteiger partial charge is 0.310 e. The van der Waals surface area contributed by atoms with E-state index < -0.39 is 0 Å². The number of nitrogens with one attached hydrogen (secondary N) is 1. The highest BCUT2D eigenvalue weighted by atomic mass is 35.5. The van der Waals surface area contributed by atoms with E-state index in [-0.39, 0.29) is 6.04 Å². The van der Waals surface area contributed by atoms with Crippen LogP contribution in [-0.2, 0) is 6.54 Å². The zero-order valence-electron chi connectivity index (χ0n) is 10.5. The van der Waals surface area contributed by atoms with Crippen molar-refractivity contribution in [3.8, 4) is 0 Å². The summed E-state index contributed by atoms with van der Waals surface area (Å²) < 4.78 is 1.83. The molecule has 0 aliphatic heterocycles. The van der Waals surface area contributed by atoms with E-state index in [4.69, 9.17) is 11.6 Å². The van der Waals surface area contributed by atoms with E-state index in [1.54, 1.807) is 0 Å². The molecular formula is C12H16ClN5. The predicted octanol–water partition coefficient (Wildman–Crippen LogP) is 2.05. The SMILES string of the molecule is CCNCc1nnnn1C(C)c1ccc(Cl)cc1. The molecule has 1 N–H and O–H groups in total. The van der Waals surface area contributed by atoms with Crippen molar-refractivity contribution in [3.05, 3.63) is 40.7 Å². The van der Waals surface area contributed by atoms with Crippen molar-refractivity contribution in [3.63, 3.8) is 0 Å². The van der Waals surface area contributed by atoms with Crippen LogP contribution in [0, 0.1) is 0 Å². The lowest BCUT2D eigenvalue weighted by atomic mass is 10.1. The van der Waals surface area contributed by atoms with Gasteiger partial charge in [-0.2, -0.15) is 0 Å². The molecule has 1 atom stereocenters. The van der Waals surface area contributed by atoms with Crippen LogP contribution in [0.2, 0.25) is 5.02 Å². The van der Waals surface area contributed by atoms with Gasteiger partial charge < -0.3 is 5.32 Å². The van der Waals surface area contributed by atoms with Crippen LogP contribution in [0.5, 0.6) is 0 Å². The van der Waals surface area contributed by atoms with Gasteiger partial charge in [0, 0.05) is 5.02 Å². The first-order valence-electron chi connectivity index (χ1n) is 5.95. The second kappa shape index (κ2) is 5.93. The first-order chi connectivity index (χ1) is 8.72. The maximum Gasteiger partial charge on any atom is 0.165 e. The number of rotatable bonds is 5. The fourth-order valence-corrected chi connectivity index (χ4v) is 1.87. The molecule has 5 nitrogen and oxygen atoms in total. The zero-order chi connectivity index (χ0) is 13.0. The first-order valence-corrected chi connectivity index (χ1v) is 6.33. The van der Waals surface area contributed by atoms with E-state index in [9.17, 15) is 0 Å². The van der Waals surface area contributed by atoms with Crippen LogP contribution in [0.4, 0.5) is 0 Å². The second-order valence-corrected chi connectivity index (χ2v) is 4.48. The first kappa shape index (κ1) is 13.0. The van der Waals surface area contributed by atoms with E-state index in [1.165, 1.54) is 0 Å². The fraction of sp³-hybridized carbons (Fsp3) is 0.417. The Morgan fingerprint density at radius 2 is 2.06 bits per heavy atom. The molecule has 18 heavy (non-hydrogen) atoms. The van der Waals surface area contributed by atoms with Crippen molar-refractivity contribution < 1.29 is 0 Å². The summed E-state index contributed by atoms with van der Waals surface area (Å²) in [6.45, 7) is 5.68. The molecule has 0 amide bonds. The summed E-state index contributed by atoms with van der Waals surface area (Å²) in [6, 6.07) is 7.83. The summed E-state index contributed by atoms with van der Waals surface area (Å²) in [5.41, 5.74) is 1.13. The Bertz CT molecular complexity index is 493. The molecule has 0 aliphatic rings. The van der Waals surface area contributed by atoms with Gasteiger partial charge in [-0.05, 0) is 41.6 Å². The highest BCUT2D eigenvalue weighted by Gasteiger charge is 2.14. The van der Waals surface area contributed by atoms with Gasteiger partial charge in [-0.1, -0.05) is 30.7 Å². The van der Waals surface area contributed by atoms with Crippen LogP contribution in [0.1, 0.15) is 31.3 Å². The van der Waals surface area contributed by atoms with Crippen LogP contribution in [0.25, 0.3) is 0 Å². The summed E-state index contributed by atoms with van der Waals surface area (Å²) >= 11 is 5.88. The Morgan fingerprint density at radius 3 is 2.72 bits per heavy atom. The molecule has 0 fully saturated rings. The maximum absolute atomic E-state index is 5.88. The lowest BCUT2D eigenvalue weighted by molar-refractivity contribution is 0.508. The summed E-state index contributed by atoms with van der Waals surface area (Å²) in [4.78, 5) is 0. The zero-order valence-corrected chi connectivity index (χ0v) is 11.2. The molecule has 1 aromatic heterocycles. The molecular weight excluding hydrogens is 250 g/mol. The average molecular weight is 266 g/mol. The van der Waals surface area contributed by atoms with Gasteiger partial charge in [0.2, 0.25) is 0 Å². The highest BCUT2D eigenvalue weighted by molar-refractivity contribution is 6.30. The van der Waals surface area contributed by atoms with Gasteiger partial charge in [-0.15, -0.1) is 5.10 Å². The van der Waals surface area contributed by atoms with E-state index in [0.717, 1.165) is 23.0 Å². The summed E-state index contributed by atoms with van der Waals surface area (Å²) in [6.07, 6.45) is 0. The topological polar surface area (TPSA) is 55.6 Å². The highest BCUT2D eigenvalue weighted by Crippen LogP contribution is 2.19. The molecule has 0 bridgehead atoms. The van der Waals surface area contributed by atoms with Gasteiger partial charge in [0.15, 0.2) is 5.82 Å². The van der Waals surface area contributed by atoms with Crippen LogP contribution in [0.3, 0.4) is 0 Å². The molecule has 1 unspecified atom stereocenters. The van der Waals surface area contributed by atoms with E-state index in [1.807, 2.05) is 28.9 Å². The van der Waals surface area contributed by atoms with Gasteiger partial charge in [0.1, 0.15) is 0 Å². The smallest absolute Gasteiger partial charge is 0.165 e. The number of hydrogen-bond donors (Lipinski definition) is 1. The standard InChI is InChI=1S/C12H16ClN5/c1-3-14-8-12-15-16-17-18(12)9(2)10-4-6-11(13)7-5-10/h4-7,9,14H,3,8H2,1-2H3. The minimum atomic E-state index is 0.0888. The molecule has 2 rings (SSSR count). The number of benzene rings is 1. The quantitative estimate of drug-likeness (QED) is 0.899. The van der Waals surface area contributed by atoms with Crippen LogP contribution in [0.15, 0.2) is 24.3 Å². The number of halogens is 1.